The Morgan fingerprint density at radius 2 is 1.79 bits per heavy atom. The van der Waals surface area contributed by atoms with E-state index in [-0.39, 0.29) is 28.5 Å². The van der Waals surface area contributed by atoms with Crippen molar-refractivity contribution < 1.29 is 22.7 Å². The van der Waals surface area contributed by atoms with E-state index in [1.54, 1.807) is 20.9 Å². The first-order chi connectivity index (χ1) is 13.1. The van der Waals surface area contributed by atoms with Gasteiger partial charge in [-0.15, -0.1) is 10.2 Å². The number of nitrogens with zero attached hydrogens (tertiary/aromatic N) is 3. The molecule has 0 unspecified atom stereocenters. The lowest BCUT2D eigenvalue weighted by atomic mass is 10.1. The van der Waals surface area contributed by atoms with Crippen LogP contribution < -0.4 is 10.5 Å². The molecule has 1 heterocycles. The number of amides is 1. The van der Waals surface area contributed by atoms with Crippen molar-refractivity contribution in [2.45, 2.75) is 19.4 Å². The van der Waals surface area contributed by atoms with Crippen LogP contribution in [0, 0.1) is 17.5 Å². The summed E-state index contributed by atoms with van der Waals surface area (Å²) < 4.78 is 48.6. The molecule has 0 saturated heterocycles. The number of benzene rings is 2. The lowest BCUT2D eigenvalue weighted by Crippen LogP contribution is -2.29. The van der Waals surface area contributed by atoms with Gasteiger partial charge in [-0.25, -0.2) is 13.2 Å². The van der Waals surface area contributed by atoms with Crippen LogP contribution in [-0.4, -0.2) is 20.7 Å². The van der Waals surface area contributed by atoms with Gasteiger partial charge in [-0.05, 0) is 44.2 Å². The van der Waals surface area contributed by atoms with Crippen LogP contribution in [0.25, 0.3) is 11.4 Å². The van der Waals surface area contributed by atoms with Crippen molar-refractivity contribution in [2.75, 3.05) is 0 Å². The first-order valence-corrected chi connectivity index (χ1v) is 8.24. The smallest absolute Gasteiger partial charge is 0.248 e. The fourth-order valence-electron chi connectivity index (χ4n) is 2.82. The second kappa shape index (κ2) is 6.99. The highest BCUT2D eigenvalue weighted by atomic mass is 19.1. The maximum absolute atomic E-state index is 14.4. The number of hydrogen-bond acceptors (Lipinski definition) is 4. The Morgan fingerprint density at radius 1 is 1.07 bits per heavy atom. The van der Waals surface area contributed by atoms with Crippen LogP contribution >= 0.6 is 0 Å². The third-order valence-corrected chi connectivity index (χ3v) is 4.17. The number of halogens is 3. The molecular formula is C19H17F3N4O2. The van der Waals surface area contributed by atoms with Gasteiger partial charge in [0, 0.05) is 18.7 Å². The van der Waals surface area contributed by atoms with Crippen molar-refractivity contribution >= 4 is 5.91 Å². The standard InChI is InChI=1S/C19H17F3N4O2/c1-19(2,28-15-7-5-11(20)9-14(15)22)18-25-24-17(26(18)3)12-6-4-10(16(23)27)8-13(12)21/h4-9H,1-3H3,(H2,23,27). The summed E-state index contributed by atoms with van der Waals surface area (Å²) in [5.41, 5.74) is 4.12. The predicted molar refractivity (Wildman–Crippen MR) is 94.9 cm³/mol. The summed E-state index contributed by atoms with van der Waals surface area (Å²) in [5, 5.41) is 8.03. The summed E-state index contributed by atoms with van der Waals surface area (Å²) in [7, 11) is 1.60. The molecule has 2 aromatic carbocycles. The van der Waals surface area contributed by atoms with E-state index in [0.717, 1.165) is 12.1 Å². The Bertz CT molecular complexity index is 1060. The molecule has 6 nitrogen and oxygen atoms in total. The van der Waals surface area contributed by atoms with Crippen molar-refractivity contribution in [1.29, 1.82) is 0 Å². The summed E-state index contributed by atoms with van der Waals surface area (Å²) in [4.78, 5) is 11.2. The Morgan fingerprint density at radius 3 is 2.39 bits per heavy atom. The minimum absolute atomic E-state index is 0.0269. The molecule has 146 valence electrons. The van der Waals surface area contributed by atoms with E-state index < -0.39 is 29.0 Å². The first kappa shape index (κ1) is 19.4. The van der Waals surface area contributed by atoms with E-state index in [0.29, 0.717) is 6.07 Å². The van der Waals surface area contributed by atoms with E-state index in [1.165, 1.54) is 22.8 Å². The van der Waals surface area contributed by atoms with Gasteiger partial charge in [-0.2, -0.15) is 0 Å². The number of nitrogens with two attached hydrogens (primary N) is 1. The van der Waals surface area contributed by atoms with Gasteiger partial charge in [-0.3, -0.25) is 4.79 Å². The molecule has 3 rings (SSSR count). The van der Waals surface area contributed by atoms with Crippen LogP contribution in [0.5, 0.6) is 5.75 Å². The normalized spacial score (nSPS) is 11.5. The van der Waals surface area contributed by atoms with Crippen LogP contribution in [0.3, 0.4) is 0 Å². The molecule has 0 saturated carbocycles. The summed E-state index contributed by atoms with van der Waals surface area (Å²) in [6.45, 7) is 3.24. The van der Waals surface area contributed by atoms with Crippen LogP contribution in [-0.2, 0) is 12.6 Å². The zero-order valence-electron chi connectivity index (χ0n) is 15.3. The highest BCUT2D eigenvalue weighted by molar-refractivity contribution is 5.93. The van der Waals surface area contributed by atoms with Crippen molar-refractivity contribution in [3.8, 4) is 17.1 Å². The van der Waals surface area contributed by atoms with Gasteiger partial charge in [-0.1, -0.05) is 0 Å². The zero-order valence-corrected chi connectivity index (χ0v) is 15.3. The van der Waals surface area contributed by atoms with Gasteiger partial charge in [0.15, 0.2) is 28.8 Å². The van der Waals surface area contributed by atoms with Crippen LogP contribution in [0.4, 0.5) is 13.2 Å². The molecule has 0 bridgehead atoms. The minimum atomic E-state index is -1.16. The zero-order chi connectivity index (χ0) is 20.6. The monoisotopic (exact) mass is 390 g/mol. The maximum atomic E-state index is 14.4. The van der Waals surface area contributed by atoms with Crippen molar-refractivity contribution in [2.24, 2.45) is 12.8 Å². The second-order valence-electron chi connectivity index (χ2n) is 6.65. The molecule has 0 aliphatic rings. The Kier molecular flexibility index (Phi) is 4.84. The topological polar surface area (TPSA) is 83.0 Å². The Balaban J connectivity index is 1.97. The number of carbonyl (C=O) groups excluding carboxylic acids is 1. The van der Waals surface area contributed by atoms with Gasteiger partial charge in [0.1, 0.15) is 11.6 Å². The molecule has 0 aliphatic heterocycles. The first-order valence-electron chi connectivity index (χ1n) is 8.24. The number of rotatable bonds is 5. The van der Waals surface area contributed by atoms with Gasteiger partial charge in [0.2, 0.25) is 5.91 Å². The average Bonchev–Trinajstić information content (AvgIpc) is 2.99. The molecule has 28 heavy (non-hydrogen) atoms. The molecular weight excluding hydrogens is 373 g/mol. The molecule has 0 atom stereocenters. The quantitative estimate of drug-likeness (QED) is 0.725. The summed E-state index contributed by atoms with van der Waals surface area (Å²) >= 11 is 0. The van der Waals surface area contributed by atoms with Gasteiger partial charge >= 0.3 is 0 Å². The lowest BCUT2D eigenvalue weighted by molar-refractivity contribution is 0.0892. The van der Waals surface area contributed by atoms with Crippen LogP contribution in [0.15, 0.2) is 36.4 Å². The SMILES string of the molecule is Cn1c(-c2ccc(C(N)=O)cc2F)nnc1C(C)(C)Oc1ccc(F)cc1F. The molecule has 3 aromatic rings. The average molecular weight is 390 g/mol. The molecule has 0 fully saturated rings. The fraction of sp³-hybridized carbons (Fsp3) is 0.211. The van der Waals surface area contributed by atoms with E-state index in [9.17, 15) is 18.0 Å². The number of aromatic nitrogens is 3. The van der Waals surface area contributed by atoms with Gasteiger partial charge in [0.05, 0.1) is 5.56 Å². The summed E-state index contributed by atoms with van der Waals surface area (Å²) in [6.07, 6.45) is 0. The van der Waals surface area contributed by atoms with Crippen molar-refractivity contribution in [1.82, 2.24) is 14.8 Å². The third-order valence-electron chi connectivity index (χ3n) is 4.17. The number of hydrogen-bond donors (Lipinski definition) is 1. The minimum Gasteiger partial charge on any atom is -0.477 e. The van der Waals surface area contributed by atoms with Crippen molar-refractivity contribution in [3.05, 3.63) is 65.2 Å². The van der Waals surface area contributed by atoms with Crippen LogP contribution in [0.2, 0.25) is 0 Å². The van der Waals surface area contributed by atoms with Crippen molar-refractivity contribution in [3.63, 3.8) is 0 Å². The van der Waals surface area contributed by atoms with Crippen LogP contribution in [0.1, 0.15) is 30.0 Å². The number of ether oxygens (including phenoxy) is 1. The Labute approximate surface area is 158 Å². The highest BCUT2D eigenvalue weighted by Gasteiger charge is 2.31. The third kappa shape index (κ3) is 3.55. The van der Waals surface area contributed by atoms with Gasteiger partial charge in [0.25, 0.3) is 0 Å². The molecule has 2 N–H and O–H groups in total. The lowest BCUT2D eigenvalue weighted by Gasteiger charge is -2.25. The van der Waals surface area contributed by atoms with E-state index in [1.807, 2.05) is 0 Å². The largest absolute Gasteiger partial charge is 0.477 e. The van der Waals surface area contributed by atoms with E-state index in [4.69, 9.17) is 10.5 Å². The predicted octanol–water partition coefficient (Wildman–Crippen LogP) is 3.31. The molecule has 0 radical (unpaired) electrons. The van der Waals surface area contributed by atoms with Gasteiger partial charge < -0.3 is 15.0 Å². The summed E-state index contributed by atoms with van der Waals surface area (Å²) in [6, 6.07) is 6.73. The fourth-order valence-corrected chi connectivity index (χ4v) is 2.82. The number of carbonyl (C=O) groups is 1. The maximum Gasteiger partial charge on any atom is 0.248 e. The molecule has 9 heteroatoms. The second-order valence-corrected chi connectivity index (χ2v) is 6.65. The summed E-state index contributed by atoms with van der Waals surface area (Å²) in [5.74, 6) is -2.72. The highest BCUT2D eigenvalue weighted by Crippen LogP contribution is 2.31. The number of primary amides is 1. The van der Waals surface area contributed by atoms with E-state index in [2.05, 4.69) is 10.2 Å². The Hall–Kier alpha value is -3.36. The molecule has 1 amide bonds. The molecule has 0 spiro atoms. The van der Waals surface area contributed by atoms with E-state index >= 15 is 0 Å². The molecule has 0 aliphatic carbocycles. The molecule has 1 aromatic heterocycles.